The number of anilines is 1. The van der Waals surface area contributed by atoms with E-state index in [-0.39, 0.29) is 24.4 Å². The molecule has 0 radical (unpaired) electrons. The fourth-order valence-electron chi connectivity index (χ4n) is 1.89. The first-order valence-electron chi connectivity index (χ1n) is 7.12. The summed E-state index contributed by atoms with van der Waals surface area (Å²) >= 11 is 11.7. The summed E-state index contributed by atoms with van der Waals surface area (Å²) in [5, 5.41) is 6.47. The Morgan fingerprint density at radius 3 is 2.59 bits per heavy atom. The van der Waals surface area contributed by atoms with Gasteiger partial charge in [0.05, 0.1) is 22.6 Å². The summed E-state index contributed by atoms with van der Waals surface area (Å²) in [5.74, 6) is -0.265. The number of benzene rings is 1. The van der Waals surface area contributed by atoms with Crippen LogP contribution < -0.4 is 10.6 Å². The molecule has 5 nitrogen and oxygen atoms in total. The Hall–Kier alpha value is -1.30. The molecule has 0 heterocycles. The molecule has 1 saturated carbocycles. The summed E-state index contributed by atoms with van der Waals surface area (Å²) in [4.78, 5) is 25.7. The number of carbonyl (C=O) groups is 2. The van der Waals surface area contributed by atoms with Crippen molar-refractivity contribution < 1.29 is 9.59 Å². The lowest BCUT2D eigenvalue weighted by molar-refractivity contribution is -0.126. The molecule has 0 bridgehead atoms. The van der Waals surface area contributed by atoms with Crippen molar-refractivity contribution in [2.45, 2.75) is 31.8 Å². The maximum absolute atomic E-state index is 12.0. The van der Waals surface area contributed by atoms with Gasteiger partial charge in [0.15, 0.2) is 0 Å². The normalized spacial score (nSPS) is 15.5. The van der Waals surface area contributed by atoms with E-state index in [4.69, 9.17) is 23.2 Å². The molecule has 2 amide bonds. The van der Waals surface area contributed by atoms with Crippen LogP contribution in [0, 0.1) is 0 Å². The summed E-state index contributed by atoms with van der Waals surface area (Å²) in [5.41, 5.74) is 0.572. The van der Waals surface area contributed by atoms with E-state index in [0.29, 0.717) is 21.8 Å². The molecule has 1 aromatic rings. The first-order chi connectivity index (χ1) is 10.4. The van der Waals surface area contributed by atoms with Crippen LogP contribution in [-0.2, 0) is 9.59 Å². The molecular formula is C15H19Cl2N3O2. The lowest BCUT2D eigenvalue weighted by Crippen LogP contribution is -2.46. The molecule has 1 aliphatic rings. The Morgan fingerprint density at radius 1 is 1.32 bits per heavy atom. The molecule has 2 rings (SSSR count). The van der Waals surface area contributed by atoms with Crippen LogP contribution in [0.3, 0.4) is 0 Å². The zero-order valence-electron chi connectivity index (χ0n) is 12.5. The van der Waals surface area contributed by atoms with Crippen molar-refractivity contribution in [1.29, 1.82) is 0 Å². The first-order valence-corrected chi connectivity index (χ1v) is 7.88. The van der Waals surface area contributed by atoms with E-state index in [2.05, 4.69) is 10.6 Å². The molecule has 1 fully saturated rings. The number of nitrogens with one attached hydrogen (secondary N) is 2. The highest BCUT2D eigenvalue weighted by atomic mass is 35.5. The minimum atomic E-state index is -0.361. The molecule has 0 spiro atoms. The molecule has 0 unspecified atom stereocenters. The predicted molar refractivity (Wildman–Crippen MR) is 88.3 cm³/mol. The molecule has 2 N–H and O–H groups in total. The van der Waals surface area contributed by atoms with Crippen LogP contribution in [0.25, 0.3) is 0 Å². The second-order valence-corrected chi connectivity index (χ2v) is 6.37. The van der Waals surface area contributed by atoms with E-state index in [1.165, 1.54) is 0 Å². The van der Waals surface area contributed by atoms with Gasteiger partial charge >= 0.3 is 0 Å². The van der Waals surface area contributed by atoms with Gasteiger partial charge in [-0.1, -0.05) is 23.2 Å². The number of hydrogen-bond acceptors (Lipinski definition) is 3. The van der Waals surface area contributed by atoms with Crippen LogP contribution in [-0.4, -0.2) is 42.4 Å². The lowest BCUT2D eigenvalue weighted by Gasteiger charge is -2.23. The third kappa shape index (κ3) is 4.87. The van der Waals surface area contributed by atoms with Crippen molar-refractivity contribution in [3.8, 4) is 0 Å². The standard InChI is InChI=1S/C15H19Cl2N3O2/c1-9(15(22)19-10-3-4-10)20(2)8-14(21)18-11-5-6-12(16)13(17)7-11/h5-7,9-10H,3-4,8H2,1-2H3,(H,18,21)(H,19,22)/t9-/m0/s1. The Balaban J connectivity index is 1.84. The highest BCUT2D eigenvalue weighted by molar-refractivity contribution is 6.42. The monoisotopic (exact) mass is 343 g/mol. The van der Waals surface area contributed by atoms with E-state index in [1.54, 1.807) is 37.1 Å². The quantitative estimate of drug-likeness (QED) is 0.834. The van der Waals surface area contributed by atoms with E-state index in [0.717, 1.165) is 12.8 Å². The summed E-state index contributed by atoms with van der Waals surface area (Å²) in [7, 11) is 1.74. The van der Waals surface area contributed by atoms with Gasteiger partial charge in [-0.05, 0) is 45.0 Å². The highest BCUT2D eigenvalue weighted by Gasteiger charge is 2.27. The number of likely N-dealkylation sites (N-methyl/N-ethyl adjacent to an activating group) is 1. The van der Waals surface area contributed by atoms with Gasteiger partial charge in [-0.25, -0.2) is 0 Å². The molecule has 120 valence electrons. The third-order valence-corrected chi connectivity index (χ3v) is 4.30. The zero-order valence-corrected chi connectivity index (χ0v) is 14.0. The maximum atomic E-state index is 12.0. The minimum Gasteiger partial charge on any atom is -0.352 e. The first kappa shape index (κ1) is 17.1. The average Bonchev–Trinajstić information content (AvgIpc) is 3.25. The van der Waals surface area contributed by atoms with Crippen LogP contribution in [0.5, 0.6) is 0 Å². The zero-order chi connectivity index (χ0) is 16.3. The van der Waals surface area contributed by atoms with Crippen LogP contribution >= 0.6 is 23.2 Å². The average molecular weight is 344 g/mol. The van der Waals surface area contributed by atoms with Gasteiger partial charge in [-0.3, -0.25) is 14.5 Å². The Morgan fingerprint density at radius 2 is 2.00 bits per heavy atom. The fourth-order valence-corrected chi connectivity index (χ4v) is 2.19. The SMILES string of the molecule is C[C@@H](C(=O)NC1CC1)N(C)CC(=O)Nc1ccc(Cl)c(Cl)c1. The van der Waals surface area contributed by atoms with Gasteiger partial charge in [0, 0.05) is 11.7 Å². The molecule has 1 aliphatic carbocycles. The number of nitrogens with zero attached hydrogens (tertiary/aromatic N) is 1. The molecular weight excluding hydrogens is 325 g/mol. The van der Waals surface area contributed by atoms with Crippen LogP contribution in [0.4, 0.5) is 5.69 Å². The van der Waals surface area contributed by atoms with Crippen LogP contribution in [0.2, 0.25) is 10.0 Å². The lowest BCUT2D eigenvalue weighted by atomic mass is 10.2. The number of carbonyl (C=O) groups excluding carboxylic acids is 2. The van der Waals surface area contributed by atoms with Gasteiger partial charge in [-0.15, -0.1) is 0 Å². The van der Waals surface area contributed by atoms with Crippen molar-refractivity contribution >= 4 is 40.7 Å². The van der Waals surface area contributed by atoms with Crippen molar-refractivity contribution in [3.63, 3.8) is 0 Å². The smallest absolute Gasteiger partial charge is 0.238 e. The van der Waals surface area contributed by atoms with Gasteiger partial charge in [0.25, 0.3) is 0 Å². The second kappa shape index (κ2) is 7.31. The molecule has 1 atom stereocenters. The van der Waals surface area contributed by atoms with Crippen LogP contribution in [0.1, 0.15) is 19.8 Å². The largest absolute Gasteiger partial charge is 0.352 e. The fraction of sp³-hybridized carbons (Fsp3) is 0.467. The minimum absolute atomic E-state index is 0.0488. The molecule has 0 saturated heterocycles. The maximum Gasteiger partial charge on any atom is 0.238 e. The number of amides is 2. The molecule has 0 aromatic heterocycles. The van der Waals surface area contributed by atoms with E-state index >= 15 is 0 Å². The molecule has 1 aromatic carbocycles. The summed E-state index contributed by atoms with van der Waals surface area (Å²) in [6.07, 6.45) is 2.08. The van der Waals surface area contributed by atoms with Crippen molar-refractivity contribution in [2.24, 2.45) is 0 Å². The number of rotatable bonds is 6. The number of halogens is 2. The molecule has 22 heavy (non-hydrogen) atoms. The van der Waals surface area contributed by atoms with E-state index in [9.17, 15) is 9.59 Å². The predicted octanol–water partition coefficient (Wildman–Crippen LogP) is 2.53. The number of hydrogen-bond donors (Lipinski definition) is 2. The Bertz CT molecular complexity index is 576. The van der Waals surface area contributed by atoms with Gasteiger partial charge in [-0.2, -0.15) is 0 Å². The highest BCUT2D eigenvalue weighted by Crippen LogP contribution is 2.25. The van der Waals surface area contributed by atoms with Crippen molar-refractivity contribution in [3.05, 3.63) is 28.2 Å². The molecule has 0 aliphatic heterocycles. The third-order valence-electron chi connectivity index (χ3n) is 3.56. The summed E-state index contributed by atoms with van der Waals surface area (Å²) < 4.78 is 0. The molecule has 7 heteroatoms. The van der Waals surface area contributed by atoms with Crippen molar-refractivity contribution in [2.75, 3.05) is 18.9 Å². The van der Waals surface area contributed by atoms with Gasteiger partial charge in [0.1, 0.15) is 0 Å². The van der Waals surface area contributed by atoms with Crippen LogP contribution in [0.15, 0.2) is 18.2 Å². The second-order valence-electron chi connectivity index (χ2n) is 5.55. The van der Waals surface area contributed by atoms with Gasteiger partial charge in [0.2, 0.25) is 11.8 Å². The van der Waals surface area contributed by atoms with Gasteiger partial charge < -0.3 is 10.6 Å². The van der Waals surface area contributed by atoms with E-state index < -0.39 is 0 Å². The Kier molecular flexibility index (Phi) is 5.67. The summed E-state index contributed by atoms with van der Waals surface area (Å²) in [6, 6.07) is 4.84. The topological polar surface area (TPSA) is 61.4 Å². The van der Waals surface area contributed by atoms with E-state index in [1.807, 2.05) is 0 Å². The van der Waals surface area contributed by atoms with Crippen molar-refractivity contribution in [1.82, 2.24) is 10.2 Å². The summed E-state index contributed by atoms with van der Waals surface area (Å²) in [6.45, 7) is 1.89. The Labute approximate surface area is 139 Å².